The number of rotatable bonds is 2. The maximum atomic E-state index is 12.0. The highest BCUT2D eigenvalue weighted by Crippen LogP contribution is 2.45. The van der Waals surface area contributed by atoms with E-state index in [1.807, 2.05) is 36.4 Å². The van der Waals surface area contributed by atoms with Gasteiger partial charge in [0.15, 0.2) is 0 Å². The topological polar surface area (TPSA) is 47.9 Å². The highest BCUT2D eigenvalue weighted by Gasteiger charge is 2.34. The Hall–Kier alpha value is -2.10. The van der Waals surface area contributed by atoms with Crippen LogP contribution in [0.1, 0.15) is 0 Å². The number of hydrazine groups is 1. The van der Waals surface area contributed by atoms with E-state index in [1.165, 1.54) is 10.0 Å². The molecule has 0 unspecified atom stereocenters. The van der Waals surface area contributed by atoms with Gasteiger partial charge in [0, 0.05) is 24.7 Å². The van der Waals surface area contributed by atoms with Crippen molar-refractivity contribution in [3.63, 3.8) is 0 Å². The quantitative estimate of drug-likeness (QED) is 0.864. The van der Waals surface area contributed by atoms with Crippen LogP contribution in [0.2, 0.25) is 0 Å². The van der Waals surface area contributed by atoms with Crippen LogP contribution in [-0.2, 0) is 0 Å². The Morgan fingerprint density at radius 1 is 0.905 bits per heavy atom. The van der Waals surface area contributed by atoms with Gasteiger partial charge in [-0.2, -0.15) is 10.1 Å². The lowest BCUT2D eigenvalue weighted by Gasteiger charge is -2.38. The molecule has 0 aliphatic carbocycles. The third-order valence-corrected chi connectivity index (χ3v) is 6.60. The van der Waals surface area contributed by atoms with Crippen LogP contribution in [0.25, 0.3) is 0 Å². The molecule has 3 rings (SSSR count). The van der Waals surface area contributed by atoms with Crippen molar-refractivity contribution >= 4 is 23.8 Å². The lowest BCUT2D eigenvalue weighted by atomic mass is 10.4. The highest BCUT2D eigenvalue weighted by molar-refractivity contribution is 7.79. The number of nitrogens with one attached hydrogen (secondary N) is 1. The molecule has 0 bridgehead atoms. The van der Waals surface area contributed by atoms with E-state index in [4.69, 9.17) is 4.85 Å². The Morgan fingerprint density at radius 2 is 1.38 bits per heavy atom. The molecule has 0 radical (unpaired) electrons. The van der Waals surface area contributed by atoms with Crippen molar-refractivity contribution in [1.82, 2.24) is 15.2 Å². The maximum absolute atomic E-state index is 12.0. The van der Waals surface area contributed by atoms with Crippen molar-refractivity contribution in [3.8, 4) is 0 Å². The van der Waals surface area contributed by atoms with Crippen LogP contribution in [0.15, 0.2) is 65.5 Å². The summed E-state index contributed by atoms with van der Waals surface area (Å²) in [6.07, 6.45) is 0. The first kappa shape index (κ1) is 13.9. The van der Waals surface area contributed by atoms with Crippen LogP contribution < -0.4 is 15.8 Å². The highest BCUT2D eigenvalue weighted by atomic mass is 31.2. The molecule has 108 valence electrons. The molecule has 2 amide bonds. The zero-order valence-electron chi connectivity index (χ0n) is 12.0. The van der Waals surface area contributed by atoms with Crippen molar-refractivity contribution in [2.45, 2.75) is 0 Å². The fraction of sp³-hybridized carbons (Fsp3) is 0.133. The number of urea groups is 1. The Morgan fingerprint density at radius 3 is 1.81 bits per heavy atom. The smallest absolute Gasteiger partial charge is 0.256 e. The predicted molar refractivity (Wildman–Crippen MR) is 85.6 cm³/mol. The molecule has 2 aromatic carbocycles. The summed E-state index contributed by atoms with van der Waals surface area (Å²) in [5.41, 5.74) is 0. The standard InChI is InChI=1S/C15H17N4OP/c1-18-15(20)19(2)17-21(16-18,13-9-5-3-6-10-13)14-11-7-4-8-12-14/h3-12,16H,1-2H3. The summed E-state index contributed by atoms with van der Waals surface area (Å²) >= 11 is 0. The molecule has 2 aromatic rings. The van der Waals surface area contributed by atoms with Crippen molar-refractivity contribution in [3.05, 3.63) is 60.7 Å². The van der Waals surface area contributed by atoms with E-state index in [9.17, 15) is 4.79 Å². The molecule has 1 N–H and O–H groups in total. The van der Waals surface area contributed by atoms with Crippen LogP contribution in [0.5, 0.6) is 0 Å². The average Bonchev–Trinajstić information content (AvgIpc) is 2.54. The Bertz CT molecular complexity index is 659. The molecule has 1 heterocycles. The normalized spacial score (nSPS) is 17.5. The number of carbonyl (C=O) groups excluding carboxylic acids is 1. The van der Waals surface area contributed by atoms with Crippen molar-refractivity contribution in [2.75, 3.05) is 14.1 Å². The van der Waals surface area contributed by atoms with Gasteiger partial charge in [-0.15, -0.1) is 0 Å². The maximum Gasteiger partial charge on any atom is 0.354 e. The van der Waals surface area contributed by atoms with Gasteiger partial charge in [0.1, 0.15) is 7.21 Å². The molecule has 6 heteroatoms. The van der Waals surface area contributed by atoms with E-state index < -0.39 is 7.21 Å². The summed E-state index contributed by atoms with van der Waals surface area (Å²) in [7, 11) is 1.19. The van der Waals surface area contributed by atoms with Crippen LogP contribution in [0.4, 0.5) is 4.79 Å². The molecule has 0 spiro atoms. The van der Waals surface area contributed by atoms with Gasteiger partial charge in [-0.1, -0.05) is 60.7 Å². The first-order valence-electron chi connectivity index (χ1n) is 6.66. The van der Waals surface area contributed by atoms with Crippen LogP contribution >= 0.6 is 7.21 Å². The number of benzene rings is 2. The van der Waals surface area contributed by atoms with E-state index in [-0.39, 0.29) is 6.03 Å². The van der Waals surface area contributed by atoms with E-state index in [1.54, 1.807) is 14.1 Å². The van der Waals surface area contributed by atoms with Crippen molar-refractivity contribution in [1.29, 1.82) is 0 Å². The van der Waals surface area contributed by atoms with Gasteiger partial charge in [-0.25, -0.2) is 9.80 Å². The molecule has 0 saturated heterocycles. The molecule has 1 aliphatic heterocycles. The van der Waals surface area contributed by atoms with Crippen LogP contribution in [0, 0.1) is 0 Å². The molecule has 0 aromatic heterocycles. The minimum atomic E-state index is -2.24. The largest absolute Gasteiger partial charge is 0.354 e. The second kappa shape index (κ2) is 5.35. The minimum Gasteiger partial charge on any atom is -0.256 e. The van der Waals surface area contributed by atoms with E-state index in [2.05, 4.69) is 29.5 Å². The Labute approximate surface area is 124 Å². The molecular weight excluding hydrogens is 283 g/mol. The first-order chi connectivity index (χ1) is 10.1. The Balaban J connectivity index is 2.27. The fourth-order valence-electron chi connectivity index (χ4n) is 2.39. The number of hydrogen-bond acceptors (Lipinski definition) is 3. The summed E-state index contributed by atoms with van der Waals surface area (Å²) in [5.74, 6) is 0. The first-order valence-corrected chi connectivity index (χ1v) is 8.40. The number of nitrogens with zero attached hydrogens (tertiary/aromatic N) is 3. The van der Waals surface area contributed by atoms with Gasteiger partial charge in [0.05, 0.1) is 0 Å². The second-order valence-corrected chi connectivity index (χ2v) is 7.54. The summed E-state index contributed by atoms with van der Waals surface area (Å²) in [5, 5.41) is 8.44. The van der Waals surface area contributed by atoms with Gasteiger partial charge in [0.2, 0.25) is 0 Å². The van der Waals surface area contributed by atoms with Crippen LogP contribution in [0.3, 0.4) is 0 Å². The lowest BCUT2D eigenvalue weighted by molar-refractivity contribution is 0.163. The predicted octanol–water partition coefficient (Wildman–Crippen LogP) is 2.17. The zero-order valence-corrected chi connectivity index (χ0v) is 12.9. The van der Waals surface area contributed by atoms with Gasteiger partial charge in [-0.05, 0) is 0 Å². The van der Waals surface area contributed by atoms with Crippen molar-refractivity contribution < 1.29 is 4.79 Å². The number of carbonyl (C=O) groups is 1. The molecule has 0 atom stereocenters. The van der Waals surface area contributed by atoms with Gasteiger partial charge in [-0.3, -0.25) is 5.01 Å². The minimum absolute atomic E-state index is 0.169. The molecule has 21 heavy (non-hydrogen) atoms. The Kier molecular flexibility index (Phi) is 3.53. The SMILES string of the molecule is CN1N=P(c2ccccc2)(c2ccccc2)NN(C)C1=O. The fourth-order valence-corrected chi connectivity index (χ4v) is 5.37. The number of amides is 2. The average molecular weight is 300 g/mol. The third kappa shape index (κ3) is 2.35. The molecular formula is C15H17N4OP. The number of hydrogen-bond donors (Lipinski definition) is 1. The molecule has 0 fully saturated rings. The summed E-state index contributed by atoms with van der Waals surface area (Å²) in [6, 6.07) is 20.0. The summed E-state index contributed by atoms with van der Waals surface area (Å²) in [6.45, 7) is 0. The van der Waals surface area contributed by atoms with Gasteiger partial charge in [0.25, 0.3) is 0 Å². The lowest BCUT2D eigenvalue weighted by Crippen LogP contribution is -2.50. The van der Waals surface area contributed by atoms with Crippen molar-refractivity contribution in [2.24, 2.45) is 4.85 Å². The monoisotopic (exact) mass is 300 g/mol. The van der Waals surface area contributed by atoms with E-state index in [0.717, 1.165) is 10.6 Å². The zero-order chi connectivity index (χ0) is 14.9. The van der Waals surface area contributed by atoms with E-state index >= 15 is 0 Å². The molecule has 1 aliphatic rings. The van der Waals surface area contributed by atoms with Crippen LogP contribution in [-0.4, -0.2) is 30.1 Å². The molecule has 5 nitrogen and oxygen atoms in total. The molecule has 0 saturated carbocycles. The summed E-state index contributed by atoms with van der Waals surface area (Å²) < 4.78 is 0. The summed E-state index contributed by atoms with van der Waals surface area (Å²) in [4.78, 5) is 16.7. The van der Waals surface area contributed by atoms with Gasteiger partial charge >= 0.3 is 6.03 Å². The van der Waals surface area contributed by atoms with E-state index in [0.29, 0.717) is 0 Å². The van der Waals surface area contributed by atoms with Gasteiger partial charge < -0.3 is 0 Å². The second-order valence-electron chi connectivity index (χ2n) is 4.86. The third-order valence-electron chi connectivity index (χ3n) is 3.39.